The zero-order valence-electron chi connectivity index (χ0n) is 9.82. The number of aromatic nitrogens is 3. The van der Waals surface area contributed by atoms with E-state index in [1.165, 1.54) is 6.07 Å². The first kappa shape index (κ1) is 11.2. The van der Waals surface area contributed by atoms with Crippen molar-refractivity contribution in [3.05, 3.63) is 48.2 Å². The second-order valence-corrected chi connectivity index (χ2v) is 4.08. The number of rotatable bonds is 2. The van der Waals surface area contributed by atoms with Crippen LogP contribution in [-0.2, 0) is 0 Å². The number of pyridine rings is 1. The maximum Gasteiger partial charge on any atom is 0.335 e. The number of nitrogens with two attached hydrogens (primary N) is 1. The van der Waals surface area contributed by atoms with Crippen LogP contribution in [0, 0.1) is 0 Å². The lowest BCUT2D eigenvalue weighted by Gasteiger charge is -1.97. The topological polar surface area (TPSA) is 93.5 Å². The molecule has 2 heterocycles. The number of carboxylic acid groups (broad SMARTS) is 1. The Morgan fingerprint density at radius 3 is 2.89 bits per heavy atom. The van der Waals surface area contributed by atoms with Crippen molar-refractivity contribution in [3.8, 4) is 11.4 Å². The number of benzene rings is 1. The second kappa shape index (κ2) is 4.09. The molecule has 0 radical (unpaired) electrons. The van der Waals surface area contributed by atoms with E-state index in [0.717, 1.165) is 0 Å². The van der Waals surface area contributed by atoms with Crippen LogP contribution in [0.25, 0.3) is 17.0 Å². The summed E-state index contributed by atoms with van der Waals surface area (Å²) in [6.45, 7) is 0. The standard InChI is InChI=1S/C13H10N4O2/c14-10-4-5-17-11(7-10)15-12(16-17)8-2-1-3-9(6-8)13(18)19/h1-7H,14H2,(H,18,19). The summed E-state index contributed by atoms with van der Waals surface area (Å²) < 4.78 is 1.60. The fourth-order valence-corrected chi connectivity index (χ4v) is 1.81. The first-order chi connectivity index (χ1) is 9.13. The van der Waals surface area contributed by atoms with E-state index in [9.17, 15) is 4.79 Å². The molecule has 0 saturated heterocycles. The van der Waals surface area contributed by atoms with E-state index in [1.54, 1.807) is 41.0 Å². The third-order valence-electron chi connectivity index (χ3n) is 2.73. The Bertz CT molecular complexity index is 779. The number of nitrogens with zero attached hydrogens (tertiary/aromatic N) is 3. The summed E-state index contributed by atoms with van der Waals surface area (Å²) in [6, 6.07) is 9.93. The van der Waals surface area contributed by atoms with Gasteiger partial charge in [-0.25, -0.2) is 14.3 Å². The van der Waals surface area contributed by atoms with Crippen molar-refractivity contribution in [2.75, 3.05) is 5.73 Å². The lowest BCUT2D eigenvalue weighted by molar-refractivity contribution is 0.0697. The van der Waals surface area contributed by atoms with Gasteiger partial charge in [0.1, 0.15) is 0 Å². The van der Waals surface area contributed by atoms with Crippen molar-refractivity contribution in [2.45, 2.75) is 0 Å². The zero-order chi connectivity index (χ0) is 13.4. The van der Waals surface area contributed by atoms with Crippen LogP contribution in [-0.4, -0.2) is 25.7 Å². The van der Waals surface area contributed by atoms with Gasteiger partial charge in [-0.05, 0) is 18.2 Å². The van der Waals surface area contributed by atoms with Crippen molar-refractivity contribution in [3.63, 3.8) is 0 Å². The molecule has 1 aromatic carbocycles. The Balaban J connectivity index is 2.13. The van der Waals surface area contributed by atoms with E-state index in [-0.39, 0.29) is 5.56 Å². The Labute approximate surface area is 108 Å². The highest BCUT2D eigenvalue weighted by Crippen LogP contribution is 2.18. The molecule has 94 valence electrons. The summed E-state index contributed by atoms with van der Waals surface area (Å²) in [4.78, 5) is 15.3. The molecule has 0 fully saturated rings. The fourth-order valence-electron chi connectivity index (χ4n) is 1.81. The lowest BCUT2D eigenvalue weighted by atomic mass is 10.1. The number of carbonyl (C=O) groups is 1. The predicted molar refractivity (Wildman–Crippen MR) is 69.8 cm³/mol. The van der Waals surface area contributed by atoms with Crippen LogP contribution >= 0.6 is 0 Å². The number of aromatic carboxylic acids is 1. The molecule has 3 aromatic rings. The summed E-state index contributed by atoms with van der Waals surface area (Å²) in [5.41, 5.74) is 7.76. The summed E-state index contributed by atoms with van der Waals surface area (Å²) >= 11 is 0. The van der Waals surface area contributed by atoms with E-state index in [1.807, 2.05) is 0 Å². The molecule has 0 aliphatic carbocycles. The highest BCUT2D eigenvalue weighted by atomic mass is 16.4. The molecule has 19 heavy (non-hydrogen) atoms. The van der Waals surface area contributed by atoms with Crippen LogP contribution in [0.4, 0.5) is 5.69 Å². The van der Waals surface area contributed by atoms with Gasteiger partial charge in [-0.3, -0.25) is 0 Å². The molecule has 0 amide bonds. The zero-order valence-corrected chi connectivity index (χ0v) is 9.82. The maximum absolute atomic E-state index is 10.9. The smallest absolute Gasteiger partial charge is 0.335 e. The average Bonchev–Trinajstić information content (AvgIpc) is 2.81. The van der Waals surface area contributed by atoms with Gasteiger partial charge < -0.3 is 10.8 Å². The van der Waals surface area contributed by atoms with Crippen molar-refractivity contribution in [2.24, 2.45) is 0 Å². The minimum Gasteiger partial charge on any atom is -0.478 e. The highest BCUT2D eigenvalue weighted by molar-refractivity contribution is 5.89. The number of hydrogen-bond donors (Lipinski definition) is 2. The van der Waals surface area contributed by atoms with Crippen LogP contribution in [0.5, 0.6) is 0 Å². The lowest BCUT2D eigenvalue weighted by Crippen LogP contribution is -1.96. The van der Waals surface area contributed by atoms with Gasteiger partial charge in [-0.15, -0.1) is 5.10 Å². The molecule has 3 rings (SSSR count). The molecule has 0 saturated carbocycles. The molecule has 6 heteroatoms. The third-order valence-corrected chi connectivity index (χ3v) is 2.73. The van der Waals surface area contributed by atoms with Crippen LogP contribution < -0.4 is 5.73 Å². The molecule has 0 atom stereocenters. The first-order valence-corrected chi connectivity index (χ1v) is 5.59. The van der Waals surface area contributed by atoms with Crippen molar-refractivity contribution < 1.29 is 9.90 Å². The number of hydrogen-bond acceptors (Lipinski definition) is 4. The minimum atomic E-state index is -0.977. The SMILES string of the molecule is Nc1ccn2nc(-c3cccc(C(=O)O)c3)nc2c1. The van der Waals surface area contributed by atoms with Crippen LogP contribution in [0.15, 0.2) is 42.6 Å². The molecule has 2 aromatic heterocycles. The van der Waals surface area contributed by atoms with Crippen molar-refractivity contribution in [1.29, 1.82) is 0 Å². The molecule has 0 aliphatic heterocycles. The summed E-state index contributed by atoms with van der Waals surface area (Å²) in [7, 11) is 0. The van der Waals surface area contributed by atoms with E-state index in [0.29, 0.717) is 22.7 Å². The Kier molecular flexibility index (Phi) is 2.42. The van der Waals surface area contributed by atoms with Crippen molar-refractivity contribution in [1.82, 2.24) is 14.6 Å². The Morgan fingerprint density at radius 2 is 2.11 bits per heavy atom. The Morgan fingerprint density at radius 1 is 1.26 bits per heavy atom. The number of anilines is 1. The van der Waals surface area contributed by atoms with Gasteiger partial charge in [-0.2, -0.15) is 0 Å². The number of carboxylic acids is 1. The minimum absolute atomic E-state index is 0.205. The first-order valence-electron chi connectivity index (χ1n) is 5.59. The van der Waals surface area contributed by atoms with Crippen LogP contribution in [0.3, 0.4) is 0 Å². The Hall–Kier alpha value is -2.89. The summed E-state index contributed by atoms with van der Waals surface area (Å²) in [6.07, 6.45) is 1.71. The molecular weight excluding hydrogens is 244 g/mol. The van der Waals surface area contributed by atoms with Gasteiger partial charge in [0.15, 0.2) is 11.5 Å². The predicted octanol–water partition coefficient (Wildman–Crippen LogP) is 1.68. The summed E-state index contributed by atoms with van der Waals surface area (Å²) in [5.74, 6) is -0.511. The van der Waals surface area contributed by atoms with Crippen LogP contribution in [0.2, 0.25) is 0 Å². The van der Waals surface area contributed by atoms with Gasteiger partial charge in [0.05, 0.1) is 5.56 Å². The van der Waals surface area contributed by atoms with E-state index >= 15 is 0 Å². The molecule has 6 nitrogen and oxygen atoms in total. The van der Waals surface area contributed by atoms with Gasteiger partial charge in [0.2, 0.25) is 0 Å². The molecule has 0 spiro atoms. The van der Waals surface area contributed by atoms with Gasteiger partial charge in [-0.1, -0.05) is 12.1 Å². The van der Waals surface area contributed by atoms with Crippen molar-refractivity contribution >= 4 is 17.3 Å². The van der Waals surface area contributed by atoms with Crippen LogP contribution in [0.1, 0.15) is 10.4 Å². The number of fused-ring (bicyclic) bond motifs is 1. The van der Waals surface area contributed by atoms with E-state index in [2.05, 4.69) is 10.1 Å². The molecule has 0 aliphatic rings. The normalized spacial score (nSPS) is 10.7. The molecule has 0 unspecified atom stereocenters. The quantitative estimate of drug-likeness (QED) is 0.725. The maximum atomic E-state index is 10.9. The van der Waals surface area contributed by atoms with E-state index in [4.69, 9.17) is 10.8 Å². The van der Waals surface area contributed by atoms with Gasteiger partial charge >= 0.3 is 5.97 Å². The highest BCUT2D eigenvalue weighted by Gasteiger charge is 2.09. The molecule has 3 N–H and O–H groups in total. The van der Waals surface area contributed by atoms with E-state index < -0.39 is 5.97 Å². The molecule has 0 bridgehead atoms. The second-order valence-electron chi connectivity index (χ2n) is 4.08. The van der Waals surface area contributed by atoms with Gasteiger partial charge in [0.25, 0.3) is 0 Å². The molecular formula is C13H10N4O2. The summed E-state index contributed by atoms with van der Waals surface area (Å²) in [5, 5.41) is 13.3. The van der Waals surface area contributed by atoms with Gasteiger partial charge in [0, 0.05) is 23.5 Å². The average molecular weight is 254 g/mol. The monoisotopic (exact) mass is 254 g/mol. The fraction of sp³-hybridized carbons (Fsp3) is 0. The largest absolute Gasteiger partial charge is 0.478 e. The number of nitrogen functional groups attached to an aromatic ring is 1. The third kappa shape index (κ3) is 1.99.